The van der Waals surface area contributed by atoms with Gasteiger partial charge in [0.2, 0.25) is 17.7 Å². The molecule has 0 atom stereocenters. The van der Waals surface area contributed by atoms with Crippen molar-refractivity contribution in [1.29, 1.82) is 10.8 Å². The number of likely N-dealkylation sites (N-methyl/N-ethyl adjacent to an activating group) is 1. The number of piperidine rings is 1. The summed E-state index contributed by atoms with van der Waals surface area (Å²) in [6, 6.07) is 14.6. The Morgan fingerprint density at radius 3 is 2.55 bits per heavy atom. The summed E-state index contributed by atoms with van der Waals surface area (Å²) in [7, 11) is 6.02. The van der Waals surface area contributed by atoms with Crippen LogP contribution in [0.2, 0.25) is 0 Å². The van der Waals surface area contributed by atoms with E-state index in [4.69, 9.17) is 15.6 Å². The number of nitrogens with one attached hydrogen (secondary N) is 3. The van der Waals surface area contributed by atoms with Crippen molar-refractivity contribution in [3.63, 3.8) is 0 Å². The van der Waals surface area contributed by atoms with Gasteiger partial charge in [0.25, 0.3) is 5.91 Å². The quantitative estimate of drug-likeness (QED) is 0.226. The first-order valence-corrected chi connectivity index (χ1v) is 14.9. The normalized spacial score (nSPS) is 16.8. The lowest BCUT2D eigenvalue weighted by Gasteiger charge is -2.46. The molecule has 0 bridgehead atoms. The zero-order valence-corrected chi connectivity index (χ0v) is 25.8. The van der Waals surface area contributed by atoms with Crippen LogP contribution in [0.5, 0.6) is 5.75 Å². The van der Waals surface area contributed by atoms with Gasteiger partial charge < -0.3 is 25.0 Å². The van der Waals surface area contributed by atoms with E-state index in [0.29, 0.717) is 48.2 Å². The fourth-order valence-corrected chi connectivity index (χ4v) is 6.01. The molecule has 0 radical (unpaired) electrons. The van der Waals surface area contributed by atoms with Crippen LogP contribution in [-0.2, 0) is 10.3 Å². The number of rotatable bonds is 8. The number of likely N-dealkylation sites (tertiary alicyclic amines) is 1. The largest absolute Gasteiger partial charge is 0.508 e. The van der Waals surface area contributed by atoms with Crippen molar-refractivity contribution in [2.75, 3.05) is 75.5 Å². The summed E-state index contributed by atoms with van der Waals surface area (Å²) in [4.78, 5) is 30.4. The molecule has 1 saturated heterocycles. The number of fused-ring (bicyclic) bond motifs is 1. The Morgan fingerprint density at radius 2 is 1.84 bits per heavy atom. The van der Waals surface area contributed by atoms with Crippen molar-refractivity contribution in [3.8, 4) is 5.75 Å². The van der Waals surface area contributed by atoms with E-state index in [-0.39, 0.29) is 35.5 Å². The van der Waals surface area contributed by atoms with Crippen molar-refractivity contribution in [1.82, 2.24) is 19.8 Å². The van der Waals surface area contributed by atoms with Crippen molar-refractivity contribution < 1.29 is 14.6 Å². The topological polar surface area (TPSA) is 145 Å². The zero-order chi connectivity index (χ0) is 31.4. The predicted molar refractivity (Wildman–Crippen MR) is 172 cm³/mol. The first-order valence-electron chi connectivity index (χ1n) is 14.9. The summed E-state index contributed by atoms with van der Waals surface area (Å²) in [5, 5.41) is 30.2. The summed E-state index contributed by atoms with van der Waals surface area (Å²) in [6.45, 7) is 5.42. The van der Waals surface area contributed by atoms with Crippen LogP contribution in [0.15, 0.2) is 54.7 Å². The lowest BCUT2D eigenvalue weighted by Crippen LogP contribution is -2.51. The number of ether oxygens (including phenoxy) is 1. The SMILES string of the molecule is CCNc1ncc2c(n1)N(C)CCN(c1cccc(C(=N)OC(=N)CN3CCC(c4cccc(O)c4)(N(C)C)CC3)c1)C2=O. The molecule has 12 heteroatoms. The first-order chi connectivity index (χ1) is 21.1. The molecule has 2 aliphatic rings. The number of aromatic nitrogens is 2. The molecule has 232 valence electrons. The second-order valence-electron chi connectivity index (χ2n) is 11.5. The van der Waals surface area contributed by atoms with Gasteiger partial charge in [0.05, 0.1) is 6.54 Å². The van der Waals surface area contributed by atoms with Crippen molar-refractivity contribution in [3.05, 3.63) is 71.4 Å². The van der Waals surface area contributed by atoms with Gasteiger partial charge in [-0.05, 0) is 69.8 Å². The Hall–Kier alpha value is -4.55. The molecule has 44 heavy (non-hydrogen) atoms. The van der Waals surface area contributed by atoms with Crippen molar-refractivity contribution in [2.24, 2.45) is 0 Å². The van der Waals surface area contributed by atoms with Crippen LogP contribution >= 0.6 is 0 Å². The Labute approximate surface area is 258 Å². The minimum absolute atomic E-state index is 0.00912. The fourth-order valence-electron chi connectivity index (χ4n) is 6.01. The third kappa shape index (κ3) is 6.36. The van der Waals surface area contributed by atoms with Gasteiger partial charge >= 0.3 is 0 Å². The van der Waals surface area contributed by atoms with Crippen LogP contribution in [0, 0.1) is 10.8 Å². The Bertz CT molecular complexity index is 1530. The number of nitrogens with zero attached hydrogens (tertiary/aromatic N) is 6. The highest BCUT2D eigenvalue weighted by Gasteiger charge is 2.38. The number of hydrogen-bond acceptors (Lipinski definition) is 11. The summed E-state index contributed by atoms with van der Waals surface area (Å²) in [5.41, 5.74) is 2.40. The van der Waals surface area contributed by atoms with Crippen LogP contribution < -0.4 is 15.1 Å². The summed E-state index contributed by atoms with van der Waals surface area (Å²) >= 11 is 0. The molecular weight excluding hydrogens is 558 g/mol. The second-order valence-corrected chi connectivity index (χ2v) is 11.5. The minimum Gasteiger partial charge on any atom is -0.508 e. The number of hydrogen-bond donors (Lipinski definition) is 4. The molecule has 1 amide bonds. The maximum Gasteiger partial charge on any atom is 0.263 e. The number of phenols is 1. The lowest BCUT2D eigenvalue weighted by atomic mass is 9.79. The van der Waals surface area contributed by atoms with E-state index in [1.54, 1.807) is 35.4 Å². The van der Waals surface area contributed by atoms with Gasteiger partial charge in [0.15, 0.2) is 0 Å². The highest BCUT2D eigenvalue weighted by Crippen LogP contribution is 2.38. The zero-order valence-electron chi connectivity index (χ0n) is 25.8. The third-order valence-corrected chi connectivity index (χ3v) is 8.53. The molecule has 3 heterocycles. The van der Waals surface area contributed by atoms with Crippen molar-refractivity contribution in [2.45, 2.75) is 25.3 Å². The first kappa shape index (κ1) is 30.9. The van der Waals surface area contributed by atoms with Crippen LogP contribution in [0.3, 0.4) is 0 Å². The molecule has 12 nitrogen and oxygen atoms in total. The smallest absolute Gasteiger partial charge is 0.263 e. The van der Waals surface area contributed by atoms with E-state index in [9.17, 15) is 9.90 Å². The number of phenolic OH excluding ortho intramolecular Hbond substituents is 1. The number of anilines is 3. The second kappa shape index (κ2) is 13.0. The summed E-state index contributed by atoms with van der Waals surface area (Å²) < 4.78 is 5.69. The van der Waals surface area contributed by atoms with Gasteiger partial charge in [-0.1, -0.05) is 18.2 Å². The van der Waals surface area contributed by atoms with Crippen LogP contribution in [0.4, 0.5) is 17.5 Å². The van der Waals surface area contributed by atoms with Crippen LogP contribution in [0.1, 0.15) is 41.3 Å². The average molecular weight is 600 g/mol. The van der Waals surface area contributed by atoms with Crippen molar-refractivity contribution >= 4 is 35.2 Å². The lowest BCUT2D eigenvalue weighted by molar-refractivity contribution is 0.0587. The van der Waals surface area contributed by atoms with Crippen LogP contribution in [-0.4, -0.2) is 103 Å². The highest BCUT2D eigenvalue weighted by atomic mass is 16.5. The Morgan fingerprint density at radius 1 is 1.09 bits per heavy atom. The Kier molecular flexibility index (Phi) is 9.12. The molecule has 2 aromatic carbocycles. The summed E-state index contributed by atoms with van der Waals surface area (Å²) in [5.74, 6) is 0.946. The van der Waals surface area contributed by atoms with Gasteiger partial charge in [-0.25, -0.2) is 4.98 Å². The minimum atomic E-state index is -0.214. The number of aromatic hydroxyl groups is 1. The van der Waals surface area contributed by atoms with E-state index in [0.717, 1.165) is 31.5 Å². The average Bonchev–Trinajstić information content (AvgIpc) is 3.13. The fraction of sp³-hybridized carbons (Fsp3) is 0.406. The van der Waals surface area contributed by atoms with Gasteiger partial charge in [-0.15, -0.1) is 0 Å². The number of amides is 1. The molecule has 2 aliphatic heterocycles. The molecule has 1 fully saturated rings. The number of benzene rings is 2. The van der Waals surface area contributed by atoms with E-state index in [1.807, 2.05) is 37.1 Å². The predicted octanol–water partition coefficient (Wildman–Crippen LogP) is 3.58. The van der Waals surface area contributed by atoms with E-state index >= 15 is 0 Å². The highest BCUT2D eigenvalue weighted by molar-refractivity contribution is 6.10. The standard InChI is InChI=1S/C32H41N9O3/c1-5-35-31-36-20-26-29(37-31)39(4)16-17-41(30(26)43)24-10-6-8-22(18-24)28(34)44-27(33)21-40-14-12-32(13-15-40,38(2)3)23-9-7-11-25(42)19-23/h6-11,18-20,33-34,42H,5,12-17,21H2,1-4H3,(H,35,36,37). The molecule has 0 unspecified atom stereocenters. The van der Waals surface area contributed by atoms with E-state index in [1.165, 1.54) is 0 Å². The molecule has 4 N–H and O–H groups in total. The number of carbonyl (C=O) groups excluding carboxylic acids is 1. The maximum absolute atomic E-state index is 13.6. The molecule has 0 saturated carbocycles. The monoisotopic (exact) mass is 599 g/mol. The Balaban J connectivity index is 1.22. The van der Waals surface area contributed by atoms with Gasteiger partial charge in [0, 0.05) is 62.8 Å². The van der Waals surface area contributed by atoms with Gasteiger partial charge in [0.1, 0.15) is 17.1 Å². The summed E-state index contributed by atoms with van der Waals surface area (Å²) in [6.07, 6.45) is 3.22. The molecule has 0 aliphatic carbocycles. The maximum atomic E-state index is 13.6. The molecule has 1 aromatic heterocycles. The van der Waals surface area contributed by atoms with Gasteiger partial charge in [-0.2, -0.15) is 4.98 Å². The molecule has 0 spiro atoms. The molecule has 3 aromatic rings. The van der Waals surface area contributed by atoms with E-state index in [2.05, 4.69) is 45.2 Å². The van der Waals surface area contributed by atoms with E-state index < -0.39 is 0 Å². The molecule has 5 rings (SSSR count). The molecular formula is C32H41N9O3. The van der Waals surface area contributed by atoms with Gasteiger partial charge in [-0.3, -0.25) is 25.4 Å². The van der Waals surface area contributed by atoms with Crippen LogP contribution in [0.25, 0.3) is 0 Å². The third-order valence-electron chi connectivity index (χ3n) is 8.53. The number of carbonyl (C=O) groups is 1.